The normalized spacial score (nSPS) is 17.6. The van der Waals surface area contributed by atoms with E-state index in [1.807, 2.05) is 0 Å². The molecule has 0 unspecified atom stereocenters. The number of aromatic nitrogens is 2. The van der Waals surface area contributed by atoms with Gasteiger partial charge in [0.1, 0.15) is 11.5 Å². The summed E-state index contributed by atoms with van der Waals surface area (Å²) in [6.07, 6.45) is 3.87. The molecule has 34 heavy (non-hydrogen) atoms. The van der Waals surface area contributed by atoms with Crippen LogP contribution in [0.1, 0.15) is 59.2 Å². The van der Waals surface area contributed by atoms with Gasteiger partial charge >= 0.3 is 5.97 Å². The van der Waals surface area contributed by atoms with Gasteiger partial charge in [0.2, 0.25) is 0 Å². The van der Waals surface area contributed by atoms with Gasteiger partial charge in [-0.1, -0.05) is 13.8 Å². The molecule has 1 fully saturated rings. The smallest absolute Gasteiger partial charge is 0.354 e. The molecule has 0 aliphatic carbocycles. The summed E-state index contributed by atoms with van der Waals surface area (Å²) in [6.45, 7) is 10.5. The van der Waals surface area contributed by atoms with Gasteiger partial charge in [0.05, 0.1) is 18.7 Å². The molecule has 3 rings (SSSR count). The van der Waals surface area contributed by atoms with E-state index in [9.17, 15) is 19.5 Å². The van der Waals surface area contributed by atoms with Crippen LogP contribution in [0.15, 0.2) is 30.1 Å². The second-order valence-electron chi connectivity index (χ2n) is 8.27. The number of aliphatic hydroxyl groups is 1. The summed E-state index contributed by atoms with van der Waals surface area (Å²) >= 11 is 0. The van der Waals surface area contributed by atoms with Crippen molar-refractivity contribution in [3.8, 4) is 0 Å². The maximum atomic E-state index is 13.2. The van der Waals surface area contributed by atoms with E-state index in [0.717, 1.165) is 19.6 Å². The van der Waals surface area contributed by atoms with E-state index in [-0.39, 0.29) is 17.0 Å². The fraction of sp³-hybridized carbons (Fsp3) is 0.440. The van der Waals surface area contributed by atoms with Crippen LogP contribution >= 0.6 is 0 Å². The molecule has 0 radical (unpaired) electrons. The van der Waals surface area contributed by atoms with Crippen LogP contribution in [0.2, 0.25) is 0 Å². The molecule has 0 bridgehead atoms. The van der Waals surface area contributed by atoms with E-state index in [4.69, 9.17) is 4.74 Å². The van der Waals surface area contributed by atoms with E-state index >= 15 is 0 Å². The number of hydrogen-bond acceptors (Lipinski definition) is 7. The Morgan fingerprint density at radius 1 is 1.21 bits per heavy atom. The summed E-state index contributed by atoms with van der Waals surface area (Å²) in [5.41, 5.74) is 2.13. The highest BCUT2D eigenvalue weighted by atomic mass is 16.5. The first kappa shape index (κ1) is 25.2. The Morgan fingerprint density at radius 3 is 2.44 bits per heavy atom. The minimum absolute atomic E-state index is 0.000606. The summed E-state index contributed by atoms with van der Waals surface area (Å²) in [5.74, 6) is -2.29. The monoisotopic (exact) mass is 468 g/mol. The van der Waals surface area contributed by atoms with E-state index < -0.39 is 23.7 Å². The number of rotatable bonds is 9. The number of methoxy groups -OCH3 is 1. The first-order valence-electron chi connectivity index (χ1n) is 11.4. The van der Waals surface area contributed by atoms with E-state index in [1.54, 1.807) is 38.4 Å². The zero-order chi connectivity index (χ0) is 25.0. The van der Waals surface area contributed by atoms with Gasteiger partial charge in [0.15, 0.2) is 0 Å². The number of likely N-dealkylation sites (tertiary alicyclic amines) is 1. The van der Waals surface area contributed by atoms with Gasteiger partial charge in [-0.05, 0) is 63.2 Å². The number of aromatic amines is 1. The number of ether oxygens (including phenoxy) is 1. The quantitative estimate of drug-likeness (QED) is 0.252. The molecule has 0 saturated carbocycles. The van der Waals surface area contributed by atoms with Crippen molar-refractivity contribution >= 4 is 23.4 Å². The van der Waals surface area contributed by atoms with Gasteiger partial charge in [-0.2, -0.15) is 0 Å². The number of carbonyl (C=O) groups excluding carboxylic acids is 3. The second-order valence-corrected chi connectivity index (χ2v) is 8.27. The molecular weight excluding hydrogens is 436 g/mol. The predicted molar refractivity (Wildman–Crippen MR) is 127 cm³/mol. The molecule has 3 heterocycles. The minimum Gasteiger partial charge on any atom is -0.507 e. The molecule has 1 aliphatic heterocycles. The fourth-order valence-electron chi connectivity index (χ4n) is 4.55. The second kappa shape index (κ2) is 10.6. The maximum Gasteiger partial charge on any atom is 0.354 e. The Kier molecular flexibility index (Phi) is 7.88. The number of nitrogens with zero attached hydrogens (tertiary/aromatic N) is 3. The van der Waals surface area contributed by atoms with Crippen LogP contribution in [0.3, 0.4) is 0 Å². The van der Waals surface area contributed by atoms with Gasteiger partial charge in [-0.3, -0.25) is 14.6 Å². The van der Waals surface area contributed by atoms with Gasteiger partial charge < -0.3 is 24.6 Å². The Balaban J connectivity index is 2.09. The van der Waals surface area contributed by atoms with Crippen LogP contribution < -0.4 is 0 Å². The van der Waals surface area contributed by atoms with E-state index in [1.165, 1.54) is 12.0 Å². The number of hydrogen-bond donors (Lipinski definition) is 2. The van der Waals surface area contributed by atoms with Gasteiger partial charge in [-0.25, -0.2) is 4.79 Å². The van der Waals surface area contributed by atoms with Crippen molar-refractivity contribution in [2.45, 2.75) is 40.2 Å². The number of ketones is 1. The molecule has 9 nitrogen and oxygen atoms in total. The lowest BCUT2D eigenvalue weighted by molar-refractivity contribution is -0.140. The lowest BCUT2D eigenvalue weighted by Gasteiger charge is -2.26. The van der Waals surface area contributed by atoms with Crippen LogP contribution in [0, 0.1) is 13.8 Å². The Bertz CT molecular complexity index is 1100. The average molecular weight is 469 g/mol. The third-order valence-electron chi connectivity index (χ3n) is 6.39. The number of aliphatic hydroxyl groups excluding tert-OH is 1. The number of carbonyl (C=O) groups is 3. The first-order chi connectivity index (χ1) is 16.3. The van der Waals surface area contributed by atoms with E-state index in [2.05, 4.69) is 28.7 Å². The number of esters is 1. The van der Waals surface area contributed by atoms with Crippen LogP contribution in [0.4, 0.5) is 0 Å². The van der Waals surface area contributed by atoms with Crippen molar-refractivity contribution in [1.29, 1.82) is 0 Å². The molecule has 2 aromatic rings. The average Bonchev–Trinajstić information content (AvgIpc) is 3.28. The third-order valence-corrected chi connectivity index (χ3v) is 6.39. The van der Waals surface area contributed by atoms with Crippen LogP contribution in [0.25, 0.3) is 5.76 Å². The molecule has 2 N–H and O–H groups in total. The standard InChI is InChI=1S/C25H32N4O5/c1-6-28(7-2)13-8-14-29-21(17-9-11-26-12-10-17)19(23(31)24(29)32)22(30)18-15(3)20(25(33)34-5)27-16(18)4/h9-12,21,27,30H,6-8,13-14H2,1-5H3/t21-/m0/s1. The summed E-state index contributed by atoms with van der Waals surface area (Å²) < 4.78 is 4.81. The molecule has 1 atom stereocenters. The third kappa shape index (κ3) is 4.61. The molecule has 1 amide bonds. The topological polar surface area (TPSA) is 116 Å². The Morgan fingerprint density at radius 2 is 1.85 bits per heavy atom. The molecule has 2 aromatic heterocycles. The lowest BCUT2D eigenvalue weighted by atomic mass is 9.94. The number of pyridine rings is 1. The minimum atomic E-state index is -0.755. The number of amides is 1. The summed E-state index contributed by atoms with van der Waals surface area (Å²) in [4.78, 5) is 49.2. The number of aryl methyl sites for hydroxylation is 1. The maximum absolute atomic E-state index is 13.2. The summed E-state index contributed by atoms with van der Waals surface area (Å²) in [6, 6.07) is 2.71. The number of nitrogens with one attached hydrogen (secondary N) is 1. The zero-order valence-electron chi connectivity index (χ0n) is 20.3. The van der Waals surface area contributed by atoms with Gasteiger partial charge in [0.25, 0.3) is 11.7 Å². The predicted octanol–water partition coefficient (Wildman–Crippen LogP) is 2.97. The van der Waals surface area contributed by atoms with Crippen molar-refractivity contribution in [2.24, 2.45) is 0 Å². The Hall–Kier alpha value is -3.46. The highest BCUT2D eigenvalue weighted by Gasteiger charge is 2.46. The highest BCUT2D eigenvalue weighted by Crippen LogP contribution is 2.40. The zero-order valence-corrected chi connectivity index (χ0v) is 20.3. The number of Topliss-reactive ketones (excluding diaryl/α,β-unsaturated/α-hetero) is 1. The molecule has 9 heteroatoms. The molecule has 1 aliphatic rings. The van der Waals surface area contributed by atoms with E-state index in [0.29, 0.717) is 35.3 Å². The fourth-order valence-corrected chi connectivity index (χ4v) is 4.55. The SMILES string of the molecule is CCN(CC)CCCN1C(=O)C(=O)C(=C(O)c2c(C)[nH]c(C(=O)OC)c2C)[C@@H]1c1ccncc1. The van der Waals surface area contributed by atoms with Crippen molar-refractivity contribution in [1.82, 2.24) is 19.8 Å². The van der Waals surface area contributed by atoms with Gasteiger partial charge in [-0.15, -0.1) is 0 Å². The van der Waals surface area contributed by atoms with Crippen molar-refractivity contribution in [3.63, 3.8) is 0 Å². The first-order valence-corrected chi connectivity index (χ1v) is 11.4. The molecule has 0 spiro atoms. The number of H-pyrrole nitrogens is 1. The largest absolute Gasteiger partial charge is 0.507 e. The van der Waals surface area contributed by atoms with Crippen molar-refractivity contribution in [2.75, 3.05) is 33.3 Å². The summed E-state index contributed by atoms with van der Waals surface area (Å²) in [5, 5.41) is 11.4. The molecule has 1 saturated heterocycles. The molecule has 182 valence electrons. The lowest BCUT2D eigenvalue weighted by Crippen LogP contribution is -2.33. The van der Waals surface area contributed by atoms with Crippen molar-refractivity contribution < 1.29 is 24.2 Å². The van der Waals surface area contributed by atoms with Crippen LogP contribution in [-0.2, 0) is 14.3 Å². The molecule has 0 aromatic carbocycles. The molecular formula is C25H32N4O5. The highest BCUT2D eigenvalue weighted by molar-refractivity contribution is 6.46. The Labute approximate surface area is 199 Å². The summed E-state index contributed by atoms with van der Waals surface area (Å²) in [7, 11) is 1.27. The van der Waals surface area contributed by atoms with Crippen LogP contribution in [0.5, 0.6) is 0 Å². The van der Waals surface area contributed by atoms with Gasteiger partial charge in [0, 0.05) is 30.2 Å². The van der Waals surface area contributed by atoms with Crippen LogP contribution in [-0.4, -0.2) is 75.8 Å². The van der Waals surface area contributed by atoms with Crippen molar-refractivity contribution in [3.05, 3.63) is 58.2 Å².